The molecule has 2 aromatic heterocycles. The summed E-state index contributed by atoms with van der Waals surface area (Å²) in [7, 11) is 0. The number of fused-ring (bicyclic) bond motifs is 1. The quantitative estimate of drug-likeness (QED) is 0.766. The van der Waals surface area contributed by atoms with Crippen molar-refractivity contribution in [2.45, 2.75) is 32.4 Å². The fraction of sp³-hybridized carbons (Fsp3) is 0.368. The third kappa shape index (κ3) is 3.17. The maximum Gasteiger partial charge on any atom is 0.356 e. The van der Waals surface area contributed by atoms with Crippen LogP contribution < -0.4 is 0 Å². The Morgan fingerprint density at radius 1 is 1.40 bits per heavy atom. The van der Waals surface area contributed by atoms with Crippen LogP contribution in [0.1, 0.15) is 40.6 Å². The predicted molar refractivity (Wildman–Crippen MR) is 95.8 cm³/mol. The Labute approximate surface area is 146 Å². The third-order valence-electron chi connectivity index (χ3n) is 5.01. The Balaban J connectivity index is 1.48. The molecule has 0 aliphatic carbocycles. The zero-order valence-corrected chi connectivity index (χ0v) is 14.3. The number of nitrogens with one attached hydrogen (secondary N) is 1. The number of rotatable bonds is 4. The van der Waals surface area contributed by atoms with Crippen molar-refractivity contribution >= 4 is 16.9 Å². The molecule has 1 fully saturated rings. The van der Waals surface area contributed by atoms with Gasteiger partial charge in [-0.15, -0.1) is 0 Å². The number of aromatic carboxylic acids is 1. The summed E-state index contributed by atoms with van der Waals surface area (Å²) in [5, 5.41) is 14.5. The molecule has 0 bridgehead atoms. The first-order chi connectivity index (χ1) is 12.1. The molecule has 130 valence electrons. The van der Waals surface area contributed by atoms with E-state index in [9.17, 15) is 4.79 Å². The van der Waals surface area contributed by atoms with E-state index in [1.807, 2.05) is 4.68 Å². The lowest BCUT2D eigenvalue weighted by Crippen LogP contribution is -2.36. The minimum atomic E-state index is -0.972. The molecular weight excluding hydrogens is 316 g/mol. The number of H-pyrrole nitrogens is 1. The molecule has 1 aromatic carbocycles. The van der Waals surface area contributed by atoms with Crippen molar-refractivity contribution < 1.29 is 9.90 Å². The Kier molecular flexibility index (Phi) is 4.05. The lowest BCUT2D eigenvalue weighted by molar-refractivity contribution is 0.0688. The van der Waals surface area contributed by atoms with Crippen LogP contribution in [-0.2, 0) is 6.54 Å². The van der Waals surface area contributed by atoms with Gasteiger partial charge in [-0.25, -0.2) is 4.79 Å². The second-order valence-corrected chi connectivity index (χ2v) is 6.85. The number of hydrogen-bond donors (Lipinski definition) is 2. The largest absolute Gasteiger partial charge is 0.476 e. The highest BCUT2D eigenvalue weighted by Crippen LogP contribution is 2.24. The van der Waals surface area contributed by atoms with Gasteiger partial charge in [0, 0.05) is 35.9 Å². The predicted octanol–water partition coefficient (Wildman–Crippen LogP) is 3.21. The summed E-state index contributed by atoms with van der Waals surface area (Å²) < 4.78 is 1.81. The van der Waals surface area contributed by atoms with Crippen molar-refractivity contribution in [1.29, 1.82) is 0 Å². The Hall–Kier alpha value is -2.60. The molecule has 1 saturated heterocycles. The molecule has 4 rings (SSSR count). The van der Waals surface area contributed by atoms with E-state index < -0.39 is 5.97 Å². The van der Waals surface area contributed by atoms with E-state index >= 15 is 0 Å². The van der Waals surface area contributed by atoms with Crippen LogP contribution in [0.15, 0.2) is 36.5 Å². The van der Waals surface area contributed by atoms with Crippen molar-refractivity contribution in [3.05, 3.63) is 53.5 Å². The van der Waals surface area contributed by atoms with Crippen LogP contribution >= 0.6 is 0 Å². The summed E-state index contributed by atoms with van der Waals surface area (Å²) in [6.45, 7) is 4.94. The number of carbonyl (C=O) groups is 1. The van der Waals surface area contributed by atoms with Crippen LogP contribution in [0.2, 0.25) is 0 Å². The first-order valence-corrected chi connectivity index (χ1v) is 8.68. The molecule has 3 heterocycles. The van der Waals surface area contributed by atoms with E-state index in [1.54, 1.807) is 12.3 Å². The smallest absolute Gasteiger partial charge is 0.356 e. The molecular formula is C19H22N4O2. The summed E-state index contributed by atoms with van der Waals surface area (Å²) in [5.74, 6) is -0.972. The van der Waals surface area contributed by atoms with E-state index in [0.717, 1.165) is 32.5 Å². The lowest BCUT2D eigenvalue weighted by atomic mass is 10.1. The van der Waals surface area contributed by atoms with Crippen LogP contribution in [-0.4, -0.2) is 43.8 Å². The monoisotopic (exact) mass is 338 g/mol. The number of aromatic nitrogens is 3. The van der Waals surface area contributed by atoms with E-state index in [4.69, 9.17) is 5.11 Å². The summed E-state index contributed by atoms with van der Waals surface area (Å²) in [5.41, 5.74) is 3.80. The van der Waals surface area contributed by atoms with E-state index in [2.05, 4.69) is 46.2 Å². The highest BCUT2D eigenvalue weighted by molar-refractivity contribution is 5.85. The molecule has 0 radical (unpaired) electrons. The van der Waals surface area contributed by atoms with Crippen molar-refractivity contribution in [2.75, 3.05) is 13.1 Å². The summed E-state index contributed by atoms with van der Waals surface area (Å²) in [6.07, 6.45) is 3.90. The van der Waals surface area contributed by atoms with Crippen LogP contribution in [0.4, 0.5) is 0 Å². The zero-order valence-electron chi connectivity index (χ0n) is 14.3. The molecule has 6 heteroatoms. The first-order valence-electron chi connectivity index (χ1n) is 8.68. The number of piperidine rings is 1. The van der Waals surface area contributed by atoms with Crippen molar-refractivity contribution in [3.63, 3.8) is 0 Å². The number of likely N-dealkylation sites (tertiary alicyclic amines) is 1. The number of nitrogens with zero attached hydrogens (tertiary/aromatic N) is 3. The van der Waals surface area contributed by atoms with Crippen molar-refractivity contribution in [1.82, 2.24) is 19.7 Å². The van der Waals surface area contributed by atoms with Gasteiger partial charge in [-0.2, -0.15) is 5.10 Å². The highest BCUT2D eigenvalue weighted by Gasteiger charge is 2.23. The third-order valence-corrected chi connectivity index (χ3v) is 5.01. The maximum atomic E-state index is 11.0. The van der Waals surface area contributed by atoms with Gasteiger partial charge in [-0.3, -0.25) is 9.58 Å². The van der Waals surface area contributed by atoms with Gasteiger partial charge in [0.05, 0.1) is 6.04 Å². The molecule has 1 aliphatic rings. The first kappa shape index (κ1) is 15.9. The summed E-state index contributed by atoms with van der Waals surface area (Å²) >= 11 is 0. The highest BCUT2D eigenvalue weighted by atomic mass is 16.4. The molecule has 1 unspecified atom stereocenters. The fourth-order valence-corrected chi connectivity index (χ4v) is 3.74. The second kappa shape index (κ2) is 6.37. The number of hydrogen-bond acceptors (Lipinski definition) is 3. The van der Waals surface area contributed by atoms with Gasteiger partial charge >= 0.3 is 5.97 Å². The van der Waals surface area contributed by atoms with Crippen molar-refractivity contribution in [2.24, 2.45) is 0 Å². The molecule has 0 saturated carbocycles. The average molecular weight is 338 g/mol. The van der Waals surface area contributed by atoms with Crippen molar-refractivity contribution in [3.8, 4) is 0 Å². The molecule has 6 nitrogen and oxygen atoms in total. The Morgan fingerprint density at radius 2 is 2.28 bits per heavy atom. The number of benzene rings is 1. The molecule has 3 aromatic rings. The molecule has 1 atom stereocenters. The minimum absolute atomic E-state index is 0.114. The normalized spacial score (nSPS) is 18.7. The van der Waals surface area contributed by atoms with Gasteiger partial charge in [0.2, 0.25) is 0 Å². The van der Waals surface area contributed by atoms with Gasteiger partial charge in [0.15, 0.2) is 5.69 Å². The zero-order chi connectivity index (χ0) is 17.4. The Morgan fingerprint density at radius 3 is 3.04 bits per heavy atom. The second-order valence-electron chi connectivity index (χ2n) is 6.85. The molecule has 25 heavy (non-hydrogen) atoms. The van der Waals surface area contributed by atoms with Crippen LogP contribution in [0, 0.1) is 6.92 Å². The summed E-state index contributed by atoms with van der Waals surface area (Å²) in [4.78, 5) is 17.0. The van der Waals surface area contributed by atoms with E-state index in [1.165, 1.54) is 22.2 Å². The van der Waals surface area contributed by atoms with E-state index in [0.29, 0.717) is 0 Å². The molecule has 2 N–H and O–H groups in total. The van der Waals surface area contributed by atoms with Gasteiger partial charge in [0.25, 0.3) is 0 Å². The minimum Gasteiger partial charge on any atom is -0.476 e. The molecule has 1 aliphatic heterocycles. The number of aromatic amines is 1. The van der Waals surface area contributed by atoms with Crippen LogP contribution in [0.25, 0.3) is 10.9 Å². The van der Waals surface area contributed by atoms with Gasteiger partial charge in [0.1, 0.15) is 0 Å². The van der Waals surface area contributed by atoms with E-state index in [-0.39, 0.29) is 11.7 Å². The summed E-state index contributed by atoms with van der Waals surface area (Å²) in [6, 6.07) is 10.4. The molecule has 0 amide bonds. The SMILES string of the molecule is Cc1cccc2[nH]c(CN3CCCC(n4ccc(C(=O)O)n4)C3)cc12. The Bertz CT molecular complexity index is 911. The van der Waals surface area contributed by atoms with Crippen LogP contribution in [0.5, 0.6) is 0 Å². The number of carboxylic acid groups (broad SMARTS) is 1. The van der Waals surface area contributed by atoms with Gasteiger partial charge in [-0.05, 0) is 50.1 Å². The topological polar surface area (TPSA) is 74.2 Å². The van der Waals surface area contributed by atoms with Gasteiger partial charge < -0.3 is 10.1 Å². The lowest BCUT2D eigenvalue weighted by Gasteiger charge is -2.32. The van der Waals surface area contributed by atoms with Crippen LogP contribution in [0.3, 0.4) is 0 Å². The van der Waals surface area contributed by atoms with Gasteiger partial charge in [-0.1, -0.05) is 12.1 Å². The standard InChI is InChI=1S/C19H22N4O2/c1-13-4-2-6-17-16(13)10-14(20-17)11-22-8-3-5-15(12-22)23-9-7-18(21-23)19(24)25/h2,4,6-7,9-10,15,20H,3,5,8,11-12H2,1H3,(H,24,25). The fourth-order valence-electron chi connectivity index (χ4n) is 3.74. The average Bonchev–Trinajstić information content (AvgIpc) is 3.22. The number of carboxylic acids is 1. The number of aryl methyl sites for hydroxylation is 1. The molecule has 0 spiro atoms. The maximum absolute atomic E-state index is 11.0.